The first kappa shape index (κ1) is 21.1. The van der Waals surface area contributed by atoms with Crippen LogP contribution >= 0.6 is 11.6 Å². The molecule has 0 amide bonds. The molecule has 0 aliphatic heterocycles. The molecule has 27 heavy (non-hydrogen) atoms. The normalized spacial score (nSPS) is 11.9. The van der Waals surface area contributed by atoms with Crippen molar-refractivity contribution >= 4 is 27.4 Å². The zero-order valence-electron chi connectivity index (χ0n) is 15.6. The van der Waals surface area contributed by atoms with Gasteiger partial charge in [0.25, 0.3) is 0 Å². The number of nitrogens with zero attached hydrogens (tertiary/aromatic N) is 1. The van der Waals surface area contributed by atoms with Crippen molar-refractivity contribution in [3.8, 4) is 5.75 Å². The van der Waals surface area contributed by atoms with E-state index < -0.39 is 9.84 Å². The summed E-state index contributed by atoms with van der Waals surface area (Å²) < 4.78 is 28.1. The van der Waals surface area contributed by atoms with Crippen molar-refractivity contribution in [2.45, 2.75) is 17.9 Å². The van der Waals surface area contributed by atoms with Crippen LogP contribution in [0.3, 0.4) is 0 Å². The summed E-state index contributed by atoms with van der Waals surface area (Å²) in [4.78, 5) is 4.50. The molecule has 0 saturated carbocycles. The Balaban J connectivity index is 1.84. The monoisotopic (exact) mass is 409 g/mol. The number of ether oxygens (including phenoxy) is 1. The van der Waals surface area contributed by atoms with Crippen LogP contribution < -0.4 is 15.4 Å². The van der Waals surface area contributed by atoms with Crippen LogP contribution in [0, 0.1) is 0 Å². The second kappa shape index (κ2) is 9.62. The Morgan fingerprint density at radius 2 is 1.85 bits per heavy atom. The number of hydrogen-bond acceptors (Lipinski definition) is 4. The van der Waals surface area contributed by atoms with Gasteiger partial charge in [0.2, 0.25) is 0 Å². The van der Waals surface area contributed by atoms with E-state index in [1.807, 2.05) is 12.1 Å². The standard InChI is InChI=1S/C19H24ClN3O3S/c1-21-19(22-11-10-15-6-7-16(26-2)12-18(15)20)23-13-14-4-8-17(9-5-14)27(3,24)25/h4-9,12H,10-11,13H2,1-3H3,(H2,21,22,23). The minimum Gasteiger partial charge on any atom is -0.497 e. The quantitative estimate of drug-likeness (QED) is 0.543. The van der Waals surface area contributed by atoms with Crippen LogP contribution in [0.4, 0.5) is 0 Å². The van der Waals surface area contributed by atoms with Crippen molar-refractivity contribution < 1.29 is 13.2 Å². The Morgan fingerprint density at radius 1 is 1.15 bits per heavy atom. The van der Waals surface area contributed by atoms with Crippen molar-refractivity contribution in [2.24, 2.45) is 4.99 Å². The molecule has 2 aromatic rings. The van der Waals surface area contributed by atoms with Gasteiger partial charge in [-0.2, -0.15) is 0 Å². The summed E-state index contributed by atoms with van der Waals surface area (Å²) in [6, 6.07) is 12.4. The maximum atomic E-state index is 11.5. The lowest BCUT2D eigenvalue weighted by atomic mass is 10.1. The summed E-state index contributed by atoms with van der Waals surface area (Å²) in [5.41, 5.74) is 1.99. The molecule has 0 saturated heterocycles. The van der Waals surface area contributed by atoms with Gasteiger partial charge in [0.1, 0.15) is 5.75 Å². The number of hydrogen-bond donors (Lipinski definition) is 2. The molecule has 2 rings (SSSR count). The van der Waals surface area contributed by atoms with Crippen LogP contribution in [0.2, 0.25) is 5.02 Å². The van der Waals surface area contributed by atoms with E-state index in [0.29, 0.717) is 29.0 Å². The molecule has 0 bridgehead atoms. The fourth-order valence-electron chi connectivity index (χ4n) is 2.43. The molecule has 2 aromatic carbocycles. The average Bonchev–Trinajstić information content (AvgIpc) is 2.65. The van der Waals surface area contributed by atoms with Crippen molar-refractivity contribution in [3.05, 3.63) is 58.6 Å². The number of sulfone groups is 1. The summed E-state index contributed by atoms with van der Waals surface area (Å²) in [6.45, 7) is 1.20. The third kappa shape index (κ3) is 6.45. The lowest BCUT2D eigenvalue weighted by Gasteiger charge is -2.13. The maximum absolute atomic E-state index is 11.5. The van der Waals surface area contributed by atoms with E-state index in [0.717, 1.165) is 23.3 Å². The molecule has 0 radical (unpaired) electrons. The molecular weight excluding hydrogens is 386 g/mol. The first-order valence-electron chi connectivity index (χ1n) is 8.39. The third-order valence-electron chi connectivity index (χ3n) is 3.98. The number of rotatable bonds is 7. The highest BCUT2D eigenvalue weighted by atomic mass is 35.5. The second-order valence-corrected chi connectivity index (χ2v) is 8.40. The molecule has 8 heteroatoms. The SMILES string of the molecule is CN=C(NCCc1ccc(OC)cc1Cl)NCc1ccc(S(C)(=O)=O)cc1. The second-order valence-electron chi connectivity index (χ2n) is 5.98. The number of nitrogens with one attached hydrogen (secondary N) is 2. The van der Waals surface area contributed by atoms with Crippen LogP contribution in [-0.2, 0) is 22.8 Å². The molecule has 2 N–H and O–H groups in total. The van der Waals surface area contributed by atoms with Gasteiger partial charge in [-0.15, -0.1) is 0 Å². The van der Waals surface area contributed by atoms with Crippen molar-refractivity contribution in [1.29, 1.82) is 0 Å². The molecular formula is C19H24ClN3O3S. The number of methoxy groups -OCH3 is 1. The summed E-state index contributed by atoms with van der Waals surface area (Å²) in [7, 11) is 0.128. The molecule has 0 spiro atoms. The molecule has 0 fully saturated rings. The predicted octanol–water partition coefficient (Wildman–Crippen LogP) is 2.66. The van der Waals surface area contributed by atoms with Crippen molar-refractivity contribution in [2.75, 3.05) is 27.0 Å². The predicted molar refractivity (Wildman–Crippen MR) is 109 cm³/mol. The Kier molecular flexibility index (Phi) is 7.50. The van der Waals surface area contributed by atoms with Crippen LogP contribution in [0.1, 0.15) is 11.1 Å². The largest absolute Gasteiger partial charge is 0.497 e. The zero-order chi connectivity index (χ0) is 19.9. The first-order valence-corrected chi connectivity index (χ1v) is 10.7. The van der Waals surface area contributed by atoms with E-state index in [1.165, 1.54) is 6.26 Å². The average molecular weight is 410 g/mol. The molecule has 0 heterocycles. The smallest absolute Gasteiger partial charge is 0.191 e. The van der Waals surface area contributed by atoms with Gasteiger partial charge >= 0.3 is 0 Å². The number of guanidine groups is 1. The third-order valence-corrected chi connectivity index (χ3v) is 5.46. The van der Waals surface area contributed by atoms with Gasteiger partial charge in [-0.05, 0) is 41.8 Å². The van der Waals surface area contributed by atoms with Gasteiger partial charge in [0, 0.05) is 31.4 Å². The van der Waals surface area contributed by atoms with E-state index in [4.69, 9.17) is 16.3 Å². The molecule has 0 aliphatic rings. The lowest BCUT2D eigenvalue weighted by molar-refractivity contribution is 0.414. The van der Waals surface area contributed by atoms with Gasteiger partial charge in [-0.3, -0.25) is 4.99 Å². The molecule has 6 nitrogen and oxygen atoms in total. The van der Waals surface area contributed by atoms with Crippen molar-refractivity contribution in [3.63, 3.8) is 0 Å². The van der Waals surface area contributed by atoms with Crippen LogP contribution in [0.5, 0.6) is 5.75 Å². The minimum absolute atomic E-state index is 0.310. The summed E-state index contributed by atoms with van der Waals surface area (Å²) in [5, 5.41) is 7.10. The van der Waals surface area contributed by atoms with E-state index in [-0.39, 0.29) is 0 Å². The van der Waals surface area contributed by atoms with Crippen LogP contribution in [0.15, 0.2) is 52.4 Å². The number of aliphatic imine (C=N–C) groups is 1. The highest BCUT2D eigenvalue weighted by Crippen LogP contribution is 2.22. The lowest BCUT2D eigenvalue weighted by Crippen LogP contribution is -2.37. The molecule has 0 atom stereocenters. The minimum atomic E-state index is -3.18. The summed E-state index contributed by atoms with van der Waals surface area (Å²) >= 11 is 6.25. The Bertz CT molecular complexity index is 897. The first-order chi connectivity index (χ1) is 12.8. The Labute approximate surface area is 165 Å². The zero-order valence-corrected chi connectivity index (χ0v) is 17.2. The molecule has 0 unspecified atom stereocenters. The fourth-order valence-corrected chi connectivity index (χ4v) is 3.33. The van der Waals surface area contributed by atoms with Gasteiger partial charge in [-0.1, -0.05) is 29.8 Å². The summed E-state index contributed by atoms with van der Waals surface area (Å²) in [5.74, 6) is 1.39. The van der Waals surface area contributed by atoms with E-state index >= 15 is 0 Å². The maximum Gasteiger partial charge on any atom is 0.191 e. The summed E-state index contributed by atoms with van der Waals surface area (Å²) in [6.07, 6.45) is 1.94. The number of halogens is 1. The van der Waals surface area contributed by atoms with Gasteiger partial charge < -0.3 is 15.4 Å². The van der Waals surface area contributed by atoms with Crippen LogP contribution in [-0.4, -0.2) is 41.3 Å². The van der Waals surface area contributed by atoms with E-state index in [2.05, 4.69) is 15.6 Å². The van der Waals surface area contributed by atoms with Gasteiger partial charge in [0.15, 0.2) is 15.8 Å². The van der Waals surface area contributed by atoms with E-state index in [9.17, 15) is 8.42 Å². The van der Waals surface area contributed by atoms with Crippen LogP contribution in [0.25, 0.3) is 0 Å². The van der Waals surface area contributed by atoms with Crippen molar-refractivity contribution in [1.82, 2.24) is 10.6 Å². The Morgan fingerprint density at radius 3 is 2.41 bits per heavy atom. The number of benzene rings is 2. The fraction of sp³-hybridized carbons (Fsp3) is 0.316. The van der Waals surface area contributed by atoms with Gasteiger partial charge in [0.05, 0.1) is 12.0 Å². The molecule has 0 aliphatic carbocycles. The Hall–Kier alpha value is -2.25. The highest BCUT2D eigenvalue weighted by Gasteiger charge is 2.07. The molecule has 0 aromatic heterocycles. The highest BCUT2D eigenvalue weighted by molar-refractivity contribution is 7.90. The van der Waals surface area contributed by atoms with E-state index in [1.54, 1.807) is 44.5 Å². The topological polar surface area (TPSA) is 79.8 Å². The molecule has 146 valence electrons. The van der Waals surface area contributed by atoms with Gasteiger partial charge in [-0.25, -0.2) is 8.42 Å².